The Labute approximate surface area is 100 Å². The number of anilines is 1. The van der Waals surface area contributed by atoms with Gasteiger partial charge in [0.25, 0.3) is 0 Å². The van der Waals surface area contributed by atoms with E-state index in [1.54, 1.807) is 12.1 Å². The molecule has 2 atom stereocenters. The molecule has 0 radical (unpaired) electrons. The summed E-state index contributed by atoms with van der Waals surface area (Å²) in [6.07, 6.45) is 0.612. The zero-order valence-corrected chi connectivity index (χ0v) is 9.74. The average Bonchev–Trinajstić information content (AvgIpc) is 2.32. The Morgan fingerprint density at radius 3 is 3.06 bits per heavy atom. The minimum Gasteiger partial charge on any atom is -0.381 e. The number of nitrogens with one attached hydrogen (secondary N) is 1. The summed E-state index contributed by atoms with van der Waals surface area (Å²) in [5.41, 5.74) is -0.0215. The van der Waals surface area contributed by atoms with Crippen molar-refractivity contribution in [3.8, 4) is 6.07 Å². The summed E-state index contributed by atoms with van der Waals surface area (Å²) in [6.45, 7) is 3.07. The fourth-order valence-corrected chi connectivity index (χ4v) is 2.09. The highest BCUT2D eigenvalue weighted by Crippen LogP contribution is 2.30. The van der Waals surface area contributed by atoms with Crippen molar-refractivity contribution in [3.05, 3.63) is 30.1 Å². The summed E-state index contributed by atoms with van der Waals surface area (Å²) in [4.78, 5) is 0. The van der Waals surface area contributed by atoms with Crippen molar-refractivity contribution < 1.29 is 9.13 Å². The number of ether oxygens (including phenoxy) is 1. The maximum absolute atomic E-state index is 13.1. The molecule has 0 aromatic heterocycles. The standard InChI is InChI=1S/C13H15FN2O/c1-10-8-17-6-5-13(10,9-15)16-12-4-2-3-11(14)7-12/h2-4,7,10,16H,5-6,8H2,1H3. The van der Waals surface area contributed by atoms with E-state index in [1.807, 2.05) is 6.92 Å². The van der Waals surface area contributed by atoms with Crippen LogP contribution < -0.4 is 5.32 Å². The van der Waals surface area contributed by atoms with Crippen LogP contribution in [-0.4, -0.2) is 18.8 Å². The zero-order chi connectivity index (χ0) is 12.3. The summed E-state index contributed by atoms with van der Waals surface area (Å²) in [7, 11) is 0. The van der Waals surface area contributed by atoms with Crippen LogP contribution in [0.1, 0.15) is 13.3 Å². The van der Waals surface area contributed by atoms with Crippen molar-refractivity contribution in [2.75, 3.05) is 18.5 Å². The van der Waals surface area contributed by atoms with E-state index in [0.717, 1.165) is 0 Å². The maximum Gasteiger partial charge on any atom is 0.132 e. The van der Waals surface area contributed by atoms with Crippen LogP contribution in [-0.2, 0) is 4.74 Å². The van der Waals surface area contributed by atoms with Gasteiger partial charge in [0.15, 0.2) is 0 Å². The van der Waals surface area contributed by atoms with Crippen LogP contribution in [0.15, 0.2) is 24.3 Å². The second kappa shape index (κ2) is 4.72. The number of benzene rings is 1. The molecule has 1 fully saturated rings. The first kappa shape index (κ1) is 11.9. The molecule has 1 heterocycles. The van der Waals surface area contributed by atoms with Crippen LogP contribution in [0.5, 0.6) is 0 Å². The molecule has 90 valence electrons. The number of halogens is 1. The molecule has 0 bridgehead atoms. The van der Waals surface area contributed by atoms with E-state index in [4.69, 9.17) is 4.74 Å². The van der Waals surface area contributed by atoms with Crippen molar-refractivity contribution in [2.45, 2.75) is 18.9 Å². The van der Waals surface area contributed by atoms with E-state index in [9.17, 15) is 9.65 Å². The lowest BCUT2D eigenvalue weighted by Gasteiger charge is -2.38. The predicted molar refractivity (Wildman–Crippen MR) is 63.0 cm³/mol. The molecule has 0 aliphatic carbocycles. The van der Waals surface area contributed by atoms with Gasteiger partial charge in [0.2, 0.25) is 0 Å². The van der Waals surface area contributed by atoms with Gasteiger partial charge in [-0.05, 0) is 18.2 Å². The van der Waals surface area contributed by atoms with Gasteiger partial charge < -0.3 is 10.1 Å². The summed E-state index contributed by atoms with van der Waals surface area (Å²) >= 11 is 0. The monoisotopic (exact) mass is 234 g/mol. The Bertz CT molecular complexity index is 443. The van der Waals surface area contributed by atoms with E-state index >= 15 is 0 Å². The first-order valence-corrected chi connectivity index (χ1v) is 5.69. The minimum absolute atomic E-state index is 0.0736. The first-order valence-electron chi connectivity index (χ1n) is 5.69. The van der Waals surface area contributed by atoms with Gasteiger partial charge in [0.05, 0.1) is 12.7 Å². The van der Waals surface area contributed by atoms with Gasteiger partial charge in [-0.2, -0.15) is 5.26 Å². The Kier molecular flexibility index (Phi) is 3.30. The molecule has 1 aromatic rings. The van der Waals surface area contributed by atoms with Gasteiger partial charge >= 0.3 is 0 Å². The topological polar surface area (TPSA) is 45.0 Å². The second-order valence-electron chi connectivity index (χ2n) is 4.44. The predicted octanol–water partition coefficient (Wildman–Crippen LogP) is 2.56. The SMILES string of the molecule is CC1COCCC1(C#N)Nc1cccc(F)c1. The maximum atomic E-state index is 13.1. The summed E-state index contributed by atoms with van der Waals surface area (Å²) < 4.78 is 18.4. The molecule has 2 unspecified atom stereocenters. The molecular weight excluding hydrogens is 219 g/mol. The van der Waals surface area contributed by atoms with Crippen molar-refractivity contribution in [3.63, 3.8) is 0 Å². The van der Waals surface area contributed by atoms with Crippen LogP contribution in [0, 0.1) is 23.1 Å². The molecule has 3 nitrogen and oxygen atoms in total. The van der Waals surface area contributed by atoms with Crippen LogP contribution >= 0.6 is 0 Å². The van der Waals surface area contributed by atoms with Crippen LogP contribution in [0.2, 0.25) is 0 Å². The lowest BCUT2D eigenvalue weighted by Crippen LogP contribution is -2.49. The van der Waals surface area contributed by atoms with Gasteiger partial charge in [0, 0.05) is 24.6 Å². The number of hydrogen-bond acceptors (Lipinski definition) is 3. The third-order valence-electron chi connectivity index (χ3n) is 3.24. The molecule has 1 N–H and O–H groups in total. The number of nitriles is 1. The lowest BCUT2D eigenvalue weighted by molar-refractivity contribution is 0.0351. The molecule has 2 rings (SSSR count). The van der Waals surface area contributed by atoms with Crippen LogP contribution in [0.25, 0.3) is 0 Å². The minimum atomic E-state index is -0.661. The highest BCUT2D eigenvalue weighted by Gasteiger charge is 2.39. The number of rotatable bonds is 2. The molecule has 1 aliphatic rings. The summed E-state index contributed by atoms with van der Waals surface area (Å²) in [5.74, 6) is -0.229. The van der Waals surface area contributed by atoms with Crippen molar-refractivity contribution in [1.82, 2.24) is 0 Å². The van der Waals surface area contributed by atoms with Crippen molar-refractivity contribution in [2.24, 2.45) is 5.92 Å². The molecular formula is C13H15FN2O. The summed E-state index contributed by atoms with van der Waals surface area (Å²) in [6, 6.07) is 8.51. The third-order valence-corrected chi connectivity index (χ3v) is 3.24. The molecule has 1 saturated heterocycles. The van der Waals surface area contributed by atoms with Gasteiger partial charge in [-0.3, -0.25) is 0 Å². The second-order valence-corrected chi connectivity index (χ2v) is 4.44. The first-order chi connectivity index (χ1) is 8.16. The highest BCUT2D eigenvalue weighted by molar-refractivity contribution is 5.48. The van der Waals surface area contributed by atoms with Gasteiger partial charge in [-0.25, -0.2) is 4.39 Å². The van der Waals surface area contributed by atoms with Crippen molar-refractivity contribution in [1.29, 1.82) is 5.26 Å². The van der Waals surface area contributed by atoms with Crippen molar-refractivity contribution >= 4 is 5.69 Å². The van der Waals surface area contributed by atoms with E-state index in [-0.39, 0.29) is 11.7 Å². The Morgan fingerprint density at radius 2 is 2.41 bits per heavy atom. The van der Waals surface area contributed by atoms with Gasteiger partial charge in [0.1, 0.15) is 11.4 Å². The Balaban J connectivity index is 2.22. The number of hydrogen-bond donors (Lipinski definition) is 1. The number of nitrogens with zero attached hydrogens (tertiary/aromatic N) is 1. The molecule has 0 spiro atoms. The molecule has 17 heavy (non-hydrogen) atoms. The normalized spacial score (nSPS) is 28.4. The highest BCUT2D eigenvalue weighted by atomic mass is 19.1. The Morgan fingerprint density at radius 1 is 1.59 bits per heavy atom. The molecule has 1 aromatic carbocycles. The van der Waals surface area contributed by atoms with Crippen LogP contribution in [0.3, 0.4) is 0 Å². The summed E-state index contributed by atoms with van der Waals surface area (Å²) in [5, 5.41) is 12.5. The quantitative estimate of drug-likeness (QED) is 0.855. The van der Waals surface area contributed by atoms with E-state index in [0.29, 0.717) is 25.3 Å². The molecule has 0 amide bonds. The lowest BCUT2D eigenvalue weighted by atomic mass is 9.82. The zero-order valence-electron chi connectivity index (χ0n) is 9.74. The van der Waals surface area contributed by atoms with E-state index in [1.165, 1.54) is 12.1 Å². The van der Waals surface area contributed by atoms with Gasteiger partial charge in [-0.1, -0.05) is 13.0 Å². The average molecular weight is 234 g/mol. The molecule has 4 heteroatoms. The molecule has 0 saturated carbocycles. The van der Waals surface area contributed by atoms with Crippen LogP contribution in [0.4, 0.5) is 10.1 Å². The van der Waals surface area contributed by atoms with E-state index < -0.39 is 5.54 Å². The van der Waals surface area contributed by atoms with Gasteiger partial charge in [-0.15, -0.1) is 0 Å². The Hall–Kier alpha value is -1.60. The third kappa shape index (κ3) is 2.40. The van der Waals surface area contributed by atoms with E-state index in [2.05, 4.69) is 11.4 Å². The molecule has 1 aliphatic heterocycles. The fourth-order valence-electron chi connectivity index (χ4n) is 2.09. The fraction of sp³-hybridized carbons (Fsp3) is 0.462. The largest absolute Gasteiger partial charge is 0.381 e. The smallest absolute Gasteiger partial charge is 0.132 e.